The molecule has 3 aromatic carbocycles. The maximum atomic E-state index is 12.6. The molecule has 0 spiro atoms. The van der Waals surface area contributed by atoms with Gasteiger partial charge in [0.25, 0.3) is 0 Å². The number of nitrogens with zero attached hydrogens (tertiary/aromatic N) is 3. The molecule has 12 rings (SSSR count). The van der Waals surface area contributed by atoms with Crippen molar-refractivity contribution in [3.05, 3.63) is 149 Å². The predicted molar refractivity (Wildman–Crippen MR) is 399 cm³/mol. The zero-order chi connectivity index (χ0) is 63.4. The molecule has 0 saturated heterocycles. The van der Waals surface area contributed by atoms with E-state index >= 15 is 0 Å². The van der Waals surface area contributed by atoms with Crippen molar-refractivity contribution in [1.82, 2.24) is 0 Å². The van der Waals surface area contributed by atoms with Crippen LogP contribution in [0, 0.1) is 31.5 Å². The molecule has 18 heteroatoms. The molecule has 3 aliphatic carbocycles. The predicted octanol–water partition coefficient (Wildman–Crippen LogP) is 15.6. The number of rotatable bonds is 7. The molecular formula is C69H72I3N3O6Se3Si3. The molecule has 3 N–H and O–H groups in total. The van der Waals surface area contributed by atoms with Crippen LogP contribution in [0.2, 0.25) is 33.2 Å². The molecule has 0 radical (unpaired) electrons. The quantitative estimate of drug-likeness (QED) is 0.0823. The van der Waals surface area contributed by atoms with Crippen molar-refractivity contribution in [3.8, 4) is 47.3 Å². The summed E-state index contributed by atoms with van der Waals surface area (Å²) in [6.45, 7) is 33.9. The number of aryl methyl sites for hydroxylation is 3. The monoisotopic (exact) mass is 1740 g/mol. The van der Waals surface area contributed by atoms with Crippen LogP contribution in [0.25, 0.3) is 30.0 Å². The average molecular weight is 1740 g/mol. The van der Waals surface area contributed by atoms with Crippen LogP contribution in [-0.4, -0.2) is 118 Å². The van der Waals surface area contributed by atoms with Gasteiger partial charge in [0.05, 0.1) is 0 Å². The number of phenols is 3. The maximum absolute atomic E-state index is 12.6. The fraction of sp³-hybridized carbons (Fsp3) is 0.304. The number of carbonyl (C=O) groups is 3. The van der Waals surface area contributed by atoms with Gasteiger partial charge in [-0.1, -0.05) is 0 Å². The SMILES string of the molecule is CC[Si]1(CC)C2=CC(=O)C=CC2=Nc2ccc(O)c(-c3cc(I)c(C)[se]3)c21.Cc1[se]c(-c2c(O)ccc3c2[Si](C(C)(C)C)(C(C)(C)C)C2=CC(=O)C=CC2=N3)cc1I.Cc1[se]c(-c2c(O)ccc3c2[Si](C(C)C)(C(C)C)C2=CC(=O)C=CC2=N3)cc1I. The van der Waals surface area contributed by atoms with E-state index < -0.39 is 24.2 Å². The van der Waals surface area contributed by atoms with Crippen molar-refractivity contribution in [3.63, 3.8) is 0 Å². The Balaban J connectivity index is 0.000000145. The van der Waals surface area contributed by atoms with Crippen LogP contribution in [-0.2, 0) is 14.4 Å². The van der Waals surface area contributed by atoms with Crippen molar-refractivity contribution in [2.75, 3.05) is 0 Å². The normalized spacial score (nSPS) is 17.4. The summed E-state index contributed by atoms with van der Waals surface area (Å²) in [4.78, 5) is 52.1. The molecule has 6 heterocycles. The number of aromatic hydroxyl groups is 3. The number of phenolic OH excluding ortho intramolecular Hbond substituents is 3. The number of allylic oxidation sites excluding steroid dienone is 12. The zero-order valence-corrected chi connectivity index (χ0v) is 66.3. The Hall–Kier alpha value is -3.64. The Bertz CT molecular complexity index is 4160. The molecule has 9 nitrogen and oxygen atoms in total. The van der Waals surface area contributed by atoms with E-state index in [2.05, 4.69) is 190 Å². The van der Waals surface area contributed by atoms with Crippen molar-refractivity contribution < 1.29 is 29.7 Å². The fourth-order valence-corrected chi connectivity index (χ4v) is 44.3. The Morgan fingerprint density at radius 2 is 0.793 bits per heavy atom. The van der Waals surface area contributed by atoms with Gasteiger partial charge >= 0.3 is 581 Å². The average Bonchev–Trinajstić information content (AvgIpc) is 0.919. The number of hydrogen-bond acceptors (Lipinski definition) is 9. The summed E-state index contributed by atoms with van der Waals surface area (Å²) in [5, 5.41) is 40.0. The minimum absolute atomic E-state index is 0.0286. The van der Waals surface area contributed by atoms with E-state index in [9.17, 15) is 29.7 Å². The molecule has 0 saturated carbocycles. The minimum atomic E-state index is -2.65. The molecular weight excluding hydrogens is 1670 g/mol. The second-order valence-corrected chi connectivity index (χ2v) is 52.3. The van der Waals surface area contributed by atoms with Gasteiger partial charge in [0, 0.05) is 0 Å². The van der Waals surface area contributed by atoms with Crippen molar-refractivity contribution in [2.45, 2.75) is 137 Å². The molecule has 0 unspecified atom stereocenters. The first-order chi connectivity index (χ1) is 40.9. The van der Waals surface area contributed by atoms with Crippen LogP contribution in [0.5, 0.6) is 17.2 Å². The molecule has 0 amide bonds. The van der Waals surface area contributed by atoms with E-state index in [1.807, 2.05) is 48.6 Å². The Morgan fingerprint density at radius 3 is 1.15 bits per heavy atom. The standard InChI is InChI=1S/C25H28INO2SeSi.C23H24INO2SeSi.C21H20INO2SeSi/c1-14-16(26)13-20(30-14)22-19(29)11-10-18-23(22)31(24(2,3)4,25(5,6)7)21-12-15(28)8-9-17(21)27-18;1-12(2)29(13(3)4)21-10-15(26)6-7-17(21)25-18-8-9-19(27)22(23(18)29)20-11-16(24)14(5)28-20;1-4-27(5-2)19-10-13(24)6-7-15(19)23-16-8-9-17(25)20(21(16)27)18-11-14(22)12(3)26-18/h8-13,29H,1-7H3;6-13,27H,1-5H3;6-11,25H,4-5H2,1-3H3. The number of benzene rings is 3. The number of fused-ring (bicyclic) bond motifs is 6. The summed E-state index contributed by atoms with van der Waals surface area (Å²) in [5.41, 5.74) is 9.32. The third-order valence-corrected chi connectivity index (χ3v) is 49.4. The molecule has 0 bridgehead atoms. The fourth-order valence-electron chi connectivity index (χ4n) is 15.0. The number of ketones is 3. The van der Waals surface area contributed by atoms with Gasteiger partial charge in [-0.25, -0.2) is 0 Å². The topological polar surface area (TPSA) is 149 Å². The number of carbonyl (C=O) groups excluding carboxylic acids is 3. The Labute approximate surface area is 574 Å². The van der Waals surface area contributed by atoms with Gasteiger partial charge in [-0.2, -0.15) is 0 Å². The molecule has 0 fully saturated rings. The van der Waals surface area contributed by atoms with Crippen LogP contribution in [0.1, 0.15) is 96.4 Å². The molecule has 0 atom stereocenters. The summed E-state index contributed by atoms with van der Waals surface area (Å²) in [6, 6.07) is 19.9. The van der Waals surface area contributed by atoms with Crippen molar-refractivity contribution in [2.24, 2.45) is 15.0 Å². The van der Waals surface area contributed by atoms with Crippen LogP contribution < -0.4 is 15.6 Å². The van der Waals surface area contributed by atoms with E-state index in [0.717, 1.165) is 78.6 Å². The summed E-state index contributed by atoms with van der Waals surface area (Å²) < 4.78 is 11.6. The van der Waals surface area contributed by atoms with Gasteiger partial charge in [-0.05, 0) is 0 Å². The van der Waals surface area contributed by atoms with Crippen LogP contribution in [0.4, 0.5) is 17.1 Å². The first-order valence-electron chi connectivity index (χ1n) is 29.4. The van der Waals surface area contributed by atoms with Crippen molar-refractivity contribution >= 4 is 203 Å². The van der Waals surface area contributed by atoms with Gasteiger partial charge in [-0.3, -0.25) is 0 Å². The Morgan fingerprint density at radius 1 is 0.471 bits per heavy atom. The molecule has 6 aliphatic rings. The third kappa shape index (κ3) is 11.2. The van der Waals surface area contributed by atoms with Gasteiger partial charge in [0.2, 0.25) is 0 Å². The molecule has 6 aromatic rings. The van der Waals surface area contributed by atoms with Gasteiger partial charge in [0.15, 0.2) is 0 Å². The first-order valence-corrected chi connectivity index (χ1v) is 44.3. The van der Waals surface area contributed by atoms with E-state index in [1.54, 1.807) is 42.5 Å². The van der Waals surface area contributed by atoms with Gasteiger partial charge in [0.1, 0.15) is 0 Å². The van der Waals surface area contributed by atoms with E-state index in [-0.39, 0.29) is 70.9 Å². The molecule has 3 aromatic heterocycles. The molecule has 3 aliphatic heterocycles. The summed E-state index contributed by atoms with van der Waals surface area (Å²) >= 11 is 7.74. The van der Waals surface area contributed by atoms with Crippen LogP contribution in [0.15, 0.2) is 140 Å². The zero-order valence-electron chi connectivity index (χ0n) is 51.7. The summed E-state index contributed by atoms with van der Waals surface area (Å²) in [7, 11) is -7.25. The second kappa shape index (κ2) is 24.8. The van der Waals surface area contributed by atoms with Gasteiger partial charge < -0.3 is 0 Å². The van der Waals surface area contributed by atoms with E-state index in [1.165, 1.54) is 52.9 Å². The van der Waals surface area contributed by atoms with Gasteiger partial charge in [-0.15, -0.1) is 0 Å². The number of aliphatic imine (C=N–C) groups is 3. The number of halogens is 3. The third-order valence-electron chi connectivity index (χ3n) is 18.3. The van der Waals surface area contributed by atoms with Crippen LogP contribution in [0.3, 0.4) is 0 Å². The second-order valence-electron chi connectivity index (χ2n) is 25.7. The number of hydrogen-bond donors (Lipinski definition) is 3. The molecule has 450 valence electrons. The van der Waals surface area contributed by atoms with Crippen LogP contribution >= 0.6 is 67.8 Å². The first kappa shape index (κ1) is 66.3. The van der Waals surface area contributed by atoms with E-state index in [0.29, 0.717) is 28.3 Å². The van der Waals surface area contributed by atoms with E-state index in [4.69, 9.17) is 15.0 Å². The van der Waals surface area contributed by atoms with Crippen molar-refractivity contribution in [1.29, 1.82) is 0 Å². The summed E-state index contributed by atoms with van der Waals surface area (Å²) in [6.07, 6.45) is 15.9. The summed E-state index contributed by atoms with van der Waals surface area (Å²) in [5.74, 6) is 1.12. The Kier molecular flexibility index (Phi) is 18.9. The molecule has 87 heavy (non-hydrogen) atoms.